The van der Waals surface area contributed by atoms with Gasteiger partial charge in [-0.05, 0) is 11.0 Å². The van der Waals surface area contributed by atoms with Crippen LogP contribution in [-0.2, 0) is 9.53 Å². The van der Waals surface area contributed by atoms with Gasteiger partial charge in [-0.1, -0.05) is 22.6 Å². The Morgan fingerprint density at radius 3 is 2.88 bits per heavy atom. The zero-order valence-corrected chi connectivity index (χ0v) is 6.71. The van der Waals surface area contributed by atoms with E-state index >= 15 is 0 Å². The fourth-order valence-electron chi connectivity index (χ4n) is 0.242. The van der Waals surface area contributed by atoms with Gasteiger partial charge in [0, 0.05) is 6.08 Å². The molecular weight excluding hydrogens is 219 g/mol. The second kappa shape index (κ2) is 5.08. The van der Waals surface area contributed by atoms with Gasteiger partial charge in [0.2, 0.25) is 0 Å². The highest BCUT2D eigenvalue weighted by molar-refractivity contribution is 14.1. The Morgan fingerprint density at radius 1 is 1.88 bits per heavy atom. The summed E-state index contributed by atoms with van der Waals surface area (Å²) >= 11 is 1.96. The van der Waals surface area contributed by atoms with Crippen molar-refractivity contribution in [3.8, 4) is 0 Å². The van der Waals surface area contributed by atoms with Gasteiger partial charge in [-0.25, -0.2) is 4.79 Å². The highest BCUT2D eigenvalue weighted by atomic mass is 127. The molecule has 0 aliphatic heterocycles. The molecule has 0 radical (unpaired) electrons. The third-order valence-corrected chi connectivity index (χ3v) is 0.845. The first-order valence-electron chi connectivity index (χ1n) is 2.24. The lowest BCUT2D eigenvalue weighted by Gasteiger charge is -1.91. The van der Waals surface area contributed by atoms with Gasteiger partial charge in [-0.3, -0.25) is 0 Å². The fraction of sp³-hybridized carbons (Fsp3) is 0.400. The van der Waals surface area contributed by atoms with Crippen molar-refractivity contribution in [1.82, 2.24) is 0 Å². The molecule has 0 aromatic heterocycles. The summed E-state index contributed by atoms with van der Waals surface area (Å²) < 4.78 is 6.17. The van der Waals surface area contributed by atoms with Crippen LogP contribution in [0.4, 0.5) is 0 Å². The Kier molecular flexibility index (Phi) is 5.05. The molecule has 0 fully saturated rings. The molecule has 0 rings (SSSR count). The van der Waals surface area contributed by atoms with Crippen molar-refractivity contribution in [2.45, 2.75) is 6.92 Å². The molecule has 0 saturated carbocycles. The van der Waals surface area contributed by atoms with E-state index < -0.39 is 0 Å². The Balaban J connectivity index is 3.33. The number of ether oxygens (including phenoxy) is 1. The molecule has 0 aromatic rings. The lowest BCUT2D eigenvalue weighted by molar-refractivity contribution is -0.137. The molecule has 2 nitrogen and oxygen atoms in total. The molecule has 0 N–H and O–H groups in total. The van der Waals surface area contributed by atoms with Crippen molar-refractivity contribution >= 4 is 28.6 Å². The van der Waals surface area contributed by atoms with Crippen LogP contribution >= 0.6 is 22.6 Å². The van der Waals surface area contributed by atoms with Crippen molar-refractivity contribution in [2.24, 2.45) is 0 Å². The van der Waals surface area contributed by atoms with Crippen LogP contribution in [-0.4, -0.2) is 12.6 Å². The van der Waals surface area contributed by atoms with Crippen LogP contribution < -0.4 is 0 Å². The summed E-state index contributed by atoms with van der Waals surface area (Å²) in [6.45, 7) is 2.22. The maximum atomic E-state index is 10.3. The number of carbonyl (C=O) groups is 1. The molecule has 0 atom stereocenters. The van der Waals surface area contributed by atoms with E-state index in [0.717, 1.165) is 0 Å². The highest BCUT2D eigenvalue weighted by Gasteiger charge is 1.88. The van der Waals surface area contributed by atoms with E-state index in [1.165, 1.54) is 6.08 Å². The van der Waals surface area contributed by atoms with E-state index in [1.807, 2.05) is 22.6 Å². The van der Waals surface area contributed by atoms with E-state index in [1.54, 1.807) is 11.0 Å². The maximum absolute atomic E-state index is 10.3. The predicted octanol–water partition coefficient (Wildman–Crippen LogP) is 1.50. The molecule has 0 unspecified atom stereocenters. The monoisotopic (exact) mass is 226 g/mol. The summed E-state index contributed by atoms with van der Waals surface area (Å²) in [7, 11) is 0. The van der Waals surface area contributed by atoms with Gasteiger partial charge < -0.3 is 4.74 Å². The zero-order valence-electron chi connectivity index (χ0n) is 4.56. The summed E-state index contributed by atoms with van der Waals surface area (Å²) in [6, 6.07) is 0. The second-order valence-electron chi connectivity index (χ2n) is 1.04. The van der Waals surface area contributed by atoms with Gasteiger partial charge in [0.05, 0.1) is 6.61 Å². The molecule has 0 spiro atoms. The van der Waals surface area contributed by atoms with E-state index in [2.05, 4.69) is 4.74 Å². The van der Waals surface area contributed by atoms with E-state index in [-0.39, 0.29) is 5.97 Å². The molecule has 8 heavy (non-hydrogen) atoms. The quantitative estimate of drug-likeness (QED) is 0.405. The van der Waals surface area contributed by atoms with Crippen LogP contribution in [0, 0.1) is 0 Å². The third-order valence-electron chi connectivity index (χ3n) is 0.486. The number of rotatable bonds is 2. The van der Waals surface area contributed by atoms with Crippen molar-refractivity contribution in [2.75, 3.05) is 6.61 Å². The number of esters is 1. The minimum absolute atomic E-state index is 0.276. The summed E-state index contributed by atoms with van der Waals surface area (Å²) in [4.78, 5) is 10.3. The van der Waals surface area contributed by atoms with Crippen molar-refractivity contribution in [3.63, 3.8) is 0 Å². The van der Waals surface area contributed by atoms with Crippen LogP contribution in [0.3, 0.4) is 0 Å². The fourth-order valence-corrected chi connectivity index (χ4v) is 0.535. The van der Waals surface area contributed by atoms with Gasteiger partial charge in [0.1, 0.15) is 0 Å². The van der Waals surface area contributed by atoms with Crippen LogP contribution in [0.2, 0.25) is 0 Å². The average Bonchev–Trinajstić information content (AvgIpc) is 1.68. The molecule has 3 heteroatoms. The number of halogens is 1. The van der Waals surface area contributed by atoms with Crippen LogP contribution in [0.15, 0.2) is 10.2 Å². The third kappa shape index (κ3) is 4.11. The summed E-state index contributed by atoms with van der Waals surface area (Å²) in [5, 5.41) is 0. The Morgan fingerprint density at radius 2 is 2.50 bits per heavy atom. The largest absolute Gasteiger partial charge is 0.463 e. The molecule has 0 bridgehead atoms. The van der Waals surface area contributed by atoms with Gasteiger partial charge in [0.15, 0.2) is 0 Å². The molecule has 0 heterocycles. The molecule has 0 amide bonds. The van der Waals surface area contributed by atoms with E-state index in [0.29, 0.717) is 6.61 Å². The first-order chi connectivity index (χ1) is 3.81. The standard InChI is InChI=1S/C5H7IO2/c1-2-8-5(7)3-4-6/h3-4H,2H2,1H3/b4-3+. The Bertz CT molecular complexity index is 98.6. The van der Waals surface area contributed by atoms with E-state index in [9.17, 15) is 4.79 Å². The minimum atomic E-state index is -0.276. The van der Waals surface area contributed by atoms with Gasteiger partial charge in [0.25, 0.3) is 0 Å². The topological polar surface area (TPSA) is 26.3 Å². The molecule has 0 aliphatic rings. The van der Waals surface area contributed by atoms with Gasteiger partial charge in [-0.2, -0.15) is 0 Å². The lowest BCUT2D eigenvalue weighted by Crippen LogP contribution is -1.97. The Hall–Kier alpha value is -0.0600. The number of hydrogen-bond donors (Lipinski definition) is 0. The Labute approximate surface area is 62.0 Å². The molecule has 46 valence electrons. The first-order valence-corrected chi connectivity index (χ1v) is 3.49. The summed E-state index contributed by atoms with van der Waals surface area (Å²) in [5.41, 5.74) is 0. The maximum Gasteiger partial charge on any atom is 0.331 e. The molecule has 0 saturated heterocycles. The molecule has 0 aliphatic carbocycles. The average molecular weight is 226 g/mol. The SMILES string of the molecule is CCOC(=O)/C=C/I. The second-order valence-corrected chi connectivity index (χ2v) is 1.76. The zero-order chi connectivity index (χ0) is 6.41. The van der Waals surface area contributed by atoms with Crippen LogP contribution in [0.25, 0.3) is 0 Å². The highest BCUT2D eigenvalue weighted by Crippen LogP contribution is 1.85. The first kappa shape index (κ1) is 7.94. The number of hydrogen-bond acceptors (Lipinski definition) is 2. The van der Waals surface area contributed by atoms with Gasteiger partial charge in [-0.15, -0.1) is 0 Å². The van der Waals surface area contributed by atoms with Crippen molar-refractivity contribution in [1.29, 1.82) is 0 Å². The van der Waals surface area contributed by atoms with E-state index in [4.69, 9.17) is 0 Å². The van der Waals surface area contributed by atoms with Crippen LogP contribution in [0.1, 0.15) is 6.92 Å². The van der Waals surface area contributed by atoms with Crippen molar-refractivity contribution in [3.05, 3.63) is 10.2 Å². The lowest BCUT2D eigenvalue weighted by atomic mass is 10.6. The van der Waals surface area contributed by atoms with Crippen LogP contribution in [0.5, 0.6) is 0 Å². The predicted molar refractivity (Wildman–Crippen MR) is 39.8 cm³/mol. The summed E-state index contributed by atoms with van der Waals surface area (Å²) in [5.74, 6) is -0.276. The smallest absolute Gasteiger partial charge is 0.331 e. The molecule has 0 aromatic carbocycles. The minimum Gasteiger partial charge on any atom is -0.463 e. The van der Waals surface area contributed by atoms with Crippen molar-refractivity contribution < 1.29 is 9.53 Å². The number of carbonyl (C=O) groups excluding carboxylic acids is 1. The van der Waals surface area contributed by atoms with Gasteiger partial charge >= 0.3 is 5.97 Å². The normalized spacial score (nSPS) is 9.75. The summed E-state index contributed by atoms with van der Waals surface area (Å²) in [6.07, 6.45) is 1.38. The molecular formula is C5H7IO2.